The molecule has 0 aromatic heterocycles. The van der Waals surface area contributed by atoms with Crippen molar-refractivity contribution in [2.24, 2.45) is 0 Å². The summed E-state index contributed by atoms with van der Waals surface area (Å²) in [6.45, 7) is 3.44. The first-order valence-electron chi connectivity index (χ1n) is 7.39. The molecule has 1 aromatic rings. The van der Waals surface area contributed by atoms with E-state index in [1.807, 2.05) is 12.1 Å². The molecule has 1 aromatic carbocycles. The third-order valence-corrected chi connectivity index (χ3v) is 4.27. The molecule has 1 saturated heterocycles. The molecule has 2 heterocycles. The number of carbonyl (C=O) groups excluding carboxylic acids is 2. The molecule has 0 bridgehead atoms. The van der Waals surface area contributed by atoms with Gasteiger partial charge < -0.3 is 15.4 Å². The summed E-state index contributed by atoms with van der Waals surface area (Å²) in [7, 11) is 0. The van der Waals surface area contributed by atoms with E-state index in [9.17, 15) is 9.59 Å². The van der Waals surface area contributed by atoms with E-state index in [4.69, 9.17) is 4.74 Å². The molecule has 0 aliphatic carbocycles. The summed E-state index contributed by atoms with van der Waals surface area (Å²) in [6.07, 6.45) is 2.83. The largest absolute Gasteiger partial charge is 0.381 e. The minimum absolute atomic E-state index is 0.0365. The average Bonchev–Trinajstić information content (AvgIpc) is 2.47. The maximum absolute atomic E-state index is 12.4. The number of anilines is 1. The Morgan fingerprint density at radius 3 is 2.81 bits per heavy atom. The lowest BCUT2D eigenvalue weighted by Gasteiger charge is -2.34. The summed E-state index contributed by atoms with van der Waals surface area (Å²) >= 11 is 0. The van der Waals surface area contributed by atoms with Crippen LogP contribution < -0.4 is 10.6 Å². The monoisotopic (exact) mass is 288 g/mol. The van der Waals surface area contributed by atoms with E-state index in [0.717, 1.165) is 24.1 Å². The molecule has 1 fully saturated rings. The van der Waals surface area contributed by atoms with Crippen LogP contribution in [0.3, 0.4) is 0 Å². The highest BCUT2D eigenvalue weighted by Crippen LogP contribution is 2.25. The topological polar surface area (TPSA) is 67.4 Å². The molecule has 0 radical (unpaired) electrons. The second-order valence-corrected chi connectivity index (χ2v) is 6.05. The molecule has 2 amide bonds. The maximum Gasteiger partial charge on any atom is 0.251 e. The number of benzene rings is 1. The molecule has 2 N–H and O–H groups in total. The molecule has 0 unspecified atom stereocenters. The second-order valence-electron chi connectivity index (χ2n) is 6.05. The SMILES string of the molecule is CC1(NC(=O)c2ccc3c(c2)CCC(=O)N3)CCOCC1. The van der Waals surface area contributed by atoms with Gasteiger partial charge in [-0.2, -0.15) is 0 Å². The number of carbonyl (C=O) groups is 2. The molecule has 2 aliphatic rings. The summed E-state index contributed by atoms with van der Waals surface area (Å²) in [6, 6.07) is 5.46. The highest BCUT2D eigenvalue weighted by atomic mass is 16.5. The number of rotatable bonds is 2. The molecular formula is C16H20N2O3. The Labute approximate surface area is 124 Å². The van der Waals surface area contributed by atoms with Gasteiger partial charge in [-0.3, -0.25) is 9.59 Å². The minimum Gasteiger partial charge on any atom is -0.381 e. The van der Waals surface area contributed by atoms with Crippen LogP contribution in [0.25, 0.3) is 0 Å². The van der Waals surface area contributed by atoms with Crippen LogP contribution in [-0.4, -0.2) is 30.6 Å². The van der Waals surface area contributed by atoms with Crippen LogP contribution in [0.1, 0.15) is 42.1 Å². The molecular weight excluding hydrogens is 268 g/mol. The van der Waals surface area contributed by atoms with Crippen molar-refractivity contribution in [3.05, 3.63) is 29.3 Å². The molecule has 0 spiro atoms. The average molecular weight is 288 g/mol. The number of ether oxygens (including phenoxy) is 1. The minimum atomic E-state index is -0.195. The highest BCUT2D eigenvalue weighted by Gasteiger charge is 2.29. The smallest absolute Gasteiger partial charge is 0.251 e. The first kappa shape index (κ1) is 14.1. The van der Waals surface area contributed by atoms with Gasteiger partial charge in [-0.15, -0.1) is 0 Å². The fourth-order valence-corrected chi connectivity index (χ4v) is 2.82. The van der Waals surface area contributed by atoms with Crippen molar-refractivity contribution < 1.29 is 14.3 Å². The van der Waals surface area contributed by atoms with Gasteiger partial charge in [0.1, 0.15) is 0 Å². The molecule has 21 heavy (non-hydrogen) atoms. The van der Waals surface area contributed by atoms with E-state index >= 15 is 0 Å². The first-order valence-corrected chi connectivity index (χ1v) is 7.39. The van der Waals surface area contributed by atoms with Crippen molar-refractivity contribution in [2.75, 3.05) is 18.5 Å². The van der Waals surface area contributed by atoms with Crippen LogP contribution in [-0.2, 0) is 16.0 Å². The Bertz CT molecular complexity index is 577. The predicted molar refractivity (Wildman–Crippen MR) is 79.3 cm³/mol. The molecule has 5 nitrogen and oxygen atoms in total. The van der Waals surface area contributed by atoms with Gasteiger partial charge in [-0.1, -0.05) is 0 Å². The second kappa shape index (κ2) is 5.48. The van der Waals surface area contributed by atoms with Crippen LogP contribution in [0.4, 0.5) is 5.69 Å². The van der Waals surface area contributed by atoms with Crippen molar-refractivity contribution in [3.63, 3.8) is 0 Å². The Morgan fingerprint density at radius 2 is 2.05 bits per heavy atom. The van der Waals surface area contributed by atoms with Crippen LogP contribution >= 0.6 is 0 Å². The summed E-state index contributed by atoms with van der Waals surface area (Å²) < 4.78 is 5.35. The van der Waals surface area contributed by atoms with Crippen LogP contribution in [0.5, 0.6) is 0 Å². The van der Waals surface area contributed by atoms with Gasteiger partial charge >= 0.3 is 0 Å². The van der Waals surface area contributed by atoms with Gasteiger partial charge in [0.15, 0.2) is 0 Å². The fourth-order valence-electron chi connectivity index (χ4n) is 2.82. The molecule has 3 rings (SSSR count). The van der Waals surface area contributed by atoms with E-state index in [2.05, 4.69) is 17.6 Å². The third kappa shape index (κ3) is 3.08. The Kier molecular flexibility index (Phi) is 3.68. The van der Waals surface area contributed by atoms with Crippen molar-refractivity contribution in [2.45, 2.75) is 38.1 Å². The molecule has 5 heteroatoms. The molecule has 2 aliphatic heterocycles. The lowest BCUT2D eigenvalue weighted by Crippen LogP contribution is -2.49. The summed E-state index contributed by atoms with van der Waals surface area (Å²) in [4.78, 5) is 23.8. The van der Waals surface area contributed by atoms with Crippen LogP contribution in [0.2, 0.25) is 0 Å². The molecule has 0 saturated carbocycles. The van der Waals surface area contributed by atoms with Gasteiger partial charge in [0.2, 0.25) is 5.91 Å². The zero-order chi connectivity index (χ0) is 14.9. The fraction of sp³-hybridized carbons (Fsp3) is 0.500. The van der Waals surface area contributed by atoms with E-state index < -0.39 is 0 Å². The Morgan fingerprint density at radius 1 is 1.29 bits per heavy atom. The van der Waals surface area contributed by atoms with Gasteiger partial charge in [0, 0.05) is 36.4 Å². The standard InChI is InChI=1S/C16H20N2O3/c1-16(6-8-21-9-7-16)18-15(20)12-2-4-13-11(10-12)3-5-14(19)17-13/h2,4,10H,3,5-9H2,1H3,(H,17,19)(H,18,20). The number of hydrogen-bond acceptors (Lipinski definition) is 3. The third-order valence-electron chi connectivity index (χ3n) is 4.27. The molecule has 112 valence electrons. The van der Waals surface area contributed by atoms with E-state index in [-0.39, 0.29) is 17.4 Å². The summed E-state index contributed by atoms with van der Waals surface area (Å²) in [5.74, 6) is -0.0199. The van der Waals surface area contributed by atoms with Crippen LogP contribution in [0, 0.1) is 0 Å². The van der Waals surface area contributed by atoms with Crippen molar-refractivity contribution in [1.82, 2.24) is 5.32 Å². The van der Waals surface area contributed by atoms with E-state index in [0.29, 0.717) is 31.6 Å². The Hall–Kier alpha value is -1.88. The normalized spacial score (nSPS) is 20.3. The van der Waals surface area contributed by atoms with Crippen LogP contribution in [0.15, 0.2) is 18.2 Å². The first-order chi connectivity index (χ1) is 10.1. The zero-order valence-corrected chi connectivity index (χ0v) is 12.2. The van der Waals surface area contributed by atoms with Crippen molar-refractivity contribution in [3.8, 4) is 0 Å². The van der Waals surface area contributed by atoms with Gasteiger partial charge in [0.05, 0.1) is 0 Å². The number of nitrogens with one attached hydrogen (secondary N) is 2. The molecule has 0 atom stereocenters. The highest BCUT2D eigenvalue weighted by molar-refractivity contribution is 5.98. The quantitative estimate of drug-likeness (QED) is 0.873. The lowest BCUT2D eigenvalue weighted by molar-refractivity contribution is -0.116. The lowest BCUT2D eigenvalue weighted by atomic mass is 9.92. The number of hydrogen-bond donors (Lipinski definition) is 2. The number of fused-ring (bicyclic) bond motifs is 1. The zero-order valence-electron chi connectivity index (χ0n) is 12.2. The summed E-state index contributed by atoms with van der Waals surface area (Å²) in [5.41, 5.74) is 2.30. The predicted octanol–water partition coefficient (Wildman–Crippen LogP) is 1.87. The van der Waals surface area contributed by atoms with Gasteiger partial charge in [-0.05, 0) is 49.9 Å². The van der Waals surface area contributed by atoms with Gasteiger partial charge in [-0.25, -0.2) is 0 Å². The number of aryl methyl sites for hydroxylation is 1. The van der Waals surface area contributed by atoms with Crippen molar-refractivity contribution >= 4 is 17.5 Å². The summed E-state index contributed by atoms with van der Waals surface area (Å²) in [5, 5.41) is 5.95. The van der Waals surface area contributed by atoms with Crippen molar-refractivity contribution in [1.29, 1.82) is 0 Å². The Balaban J connectivity index is 1.74. The van der Waals surface area contributed by atoms with E-state index in [1.165, 1.54) is 0 Å². The number of amides is 2. The van der Waals surface area contributed by atoms with Gasteiger partial charge in [0.25, 0.3) is 5.91 Å². The maximum atomic E-state index is 12.4. The van der Waals surface area contributed by atoms with E-state index in [1.54, 1.807) is 6.07 Å².